The molecule has 2 fully saturated rings. The molecule has 4 heterocycles. The van der Waals surface area contributed by atoms with Crippen LogP contribution in [0.4, 0.5) is 0 Å². The Morgan fingerprint density at radius 3 is 1.64 bits per heavy atom. The highest BCUT2D eigenvalue weighted by Crippen LogP contribution is 2.25. The third kappa shape index (κ3) is 11.1. The molecule has 296 valence electrons. The Morgan fingerprint density at radius 2 is 1.11 bits per heavy atom. The van der Waals surface area contributed by atoms with Gasteiger partial charge in [-0.25, -0.2) is 9.97 Å². The van der Waals surface area contributed by atoms with Crippen LogP contribution >= 0.6 is 23.2 Å². The number of imidazole rings is 2. The Morgan fingerprint density at radius 1 is 0.607 bits per heavy atom. The van der Waals surface area contributed by atoms with Crippen LogP contribution in [0.15, 0.2) is 84.9 Å². The van der Waals surface area contributed by atoms with Gasteiger partial charge in [-0.2, -0.15) is 0 Å². The number of aryl methyl sites for hydroxylation is 4. The molecule has 2 aliphatic rings. The lowest BCUT2D eigenvalue weighted by Gasteiger charge is -2.22. The number of hydrogen-bond acceptors (Lipinski definition) is 6. The van der Waals surface area contributed by atoms with Crippen LogP contribution < -0.4 is 20.1 Å². The standard InChI is InChI=1S/2C23H28ClN3O/c1-17-6-11-22-21(14-17)26-23(16-28-20-9-7-19(24)8-10-20)27(22)13-3-5-18-4-2-12-25-15-18;1-17-6-11-21-22(14-17)27(13-3-5-18-4-2-12-25-15-18)23(26-21)16-28-20-9-7-19(24)8-10-20/h2*6-11,14,18,25H,2-5,12-13,15-16H2,1H3. The molecule has 2 aliphatic heterocycles. The average molecular weight is 796 g/mol. The monoisotopic (exact) mass is 794 g/mol. The van der Waals surface area contributed by atoms with Crippen LogP contribution in [0.25, 0.3) is 22.1 Å². The van der Waals surface area contributed by atoms with Gasteiger partial charge < -0.3 is 29.2 Å². The molecule has 2 unspecified atom stereocenters. The first-order valence-corrected chi connectivity index (χ1v) is 21.2. The predicted octanol–water partition coefficient (Wildman–Crippen LogP) is 10.7. The third-order valence-electron chi connectivity index (χ3n) is 11.1. The van der Waals surface area contributed by atoms with E-state index in [2.05, 4.69) is 70.0 Å². The van der Waals surface area contributed by atoms with Gasteiger partial charge in [0.05, 0.1) is 22.1 Å². The van der Waals surface area contributed by atoms with Crippen LogP contribution in [0.1, 0.15) is 74.1 Å². The first kappa shape index (κ1) is 40.1. The molecule has 2 N–H and O–H groups in total. The van der Waals surface area contributed by atoms with Crippen molar-refractivity contribution >= 4 is 45.3 Å². The summed E-state index contributed by atoms with van der Waals surface area (Å²) in [7, 11) is 0. The topological polar surface area (TPSA) is 78.2 Å². The lowest BCUT2D eigenvalue weighted by molar-refractivity contribution is 0.287. The van der Waals surface area contributed by atoms with E-state index in [1.54, 1.807) is 0 Å². The molecule has 0 saturated carbocycles. The van der Waals surface area contributed by atoms with Crippen molar-refractivity contribution in [2.75, 3.05) is 26.2 Å². The molecule has 4 aromatic carbocycles. The van der Waals surface area contributed by atoms with Crippen LogP contribution in [0, 0.1) is 25.7 Å². The smallest absolute Gasteiger partial charge is 0.147 e. The molecular formula is C46H56Cl2N6O2. The van der Waals surface area contributed by atoms with Crippen LogP contribution in [-0.2, 0) is 26.3 Å². The van der Waals surface area contributed by atoms with Gasteiger partial charge in [0, 0.05) is 23.1 Å². The lowest BCUT2D eigenvalue weighted by Crippen LogP contribution is -2.29. The number of fused-ring (bicyclic) bond motifs is 2. The number of ether oxygens (including phenoxy) is 2. The van der Waals surface area contributed by atoms with Gasteiger partial charge in [-0.3, -0.25) is 0 Å². The van der Waals surface area contributed by atoms with Crippen LogP contribution in [0.3, 0.4) is 0 Å². The number of aromatic nitrogens is 4. The Labute approximate surface area is 341 Å². The number of halogens is 2. The number of nitrogens with one attached hydrogen (secondary N) is 2. The quantitative estimate of drug-likeness (QED) is 0.114. The highest BCUT2D eigenvalue weighted by molar-refractivity contribution is 6.30. The number of piperidine rings is 2. The summed E-state index contributed by atoms with van der Waals surface area (Å²) >= 11 is 11.9. The fraction of sp³-hybridized carbons (Fsp3) is 0.435. The summed E-state index contributed by atoms with van der Waals surface area (Å²) in [6, 6.07) is 28.0. The van der Waals surface area contributed by atoms with E-state index >= 15 is 0 Å². The molecular weight excluding hydrogens is 739 g/mol. The molecule has 2 atom stereocenters. The van der Waals surface area contributed by atoms with E-state index in [9.17, 15) is 0 Å². The van der Waals surface area contributed by atoms with Crippen LogP contribution in [0.5, 0.6) is 11.5 Å². The highest BCUT2D eigenvalue weighted by atomic mass is 35.5. The molecule has 0 aliphatic carbocycles. The summed E-state index contributed by atoms with van der Waals surface area (Å²) in [5, 5.41) is 8.47. The predicted molar refractivity (Wildman–Crippen MR) is 230 cm³/mol. The Kier molecular flexibility index (Phi) is 14.2. The number of nitrogens with zero attached hydrogens (tertiary/aromatic N) is 4. The minimum absolute atomic E-state index is 0.459. The first-order valence-electron chi connectivity index (χ1n) is 20.5. The summed E-state index contributed by atoms with van der Waals surface area (Å²) in [6.07, 6.45) is 10.2. The largest absolute Gasteiger partial charge is 0.486 e. The first-order chi connectivity index (χ1) is 27.4. The fourth-order valence-electron chi connectivity index (χ4n) is 8.07. The zero-order valence-corrected chi connectivity index (χ0v) is 34.4. The van der Waals surface area contributed by atoms with E-state index in [-0.39, 0.29) is 0 Å². The van der Waals surface area contributed by atoms with Gasteiger partial charge in [-0.15, -0.1) is 0 Å². The van der Waals surface area contributed by atoms with Crippen molar-refractivity contribution in [3.63, 3.8) is 0 Å². The summed E-state index contributed by atoms with van der Waals surface area (Å²) in [5.41, 5.74) is 6.98. The SMILES string of the molecule is Cc1ccc2c(c1)nc(COc1ccc(Cl)cc1)n2CCCC1CCCNC1.Cc1ccc2nc(COc3ccc(Cl)cc3)n(CCCC3CCCNC3)c2c1. The second-order valence-electron chi connectivity index (χ2n) is 15.5. The molecule has 8 rings (SSSR count). The third-order valence-corrected chi connectivity index (χ3v) is 11.6. The van der Waals surface area contributed by atoms with E-state index < -0.39 is 0 Å². The molecule has 2 saturated heterocycles. The van der Waals surface area contributed by atoms with Crippen molar-refractivity contribution in [3.8, 4) is 11.5 Å². The molecule has 0 spiro atoms. The van der Waals surface area contributed by atoms with Crippen molar-refractivity contribution in [2.24, 2.45) is 11.8 Å². The van der Waals surface area contributed by atoms with Crippen molar-refractivity contribution < 1.29 is 9.47 Å². The second kappa shape index (κ2) is 19.9. The number of hydrogen-bond donors (Lipinski definition) is 2. The molecule has 0 amide bonds. The molecule has 8 nitrogen and oxygen atoms in total. The molecule has 0 bridgehead atoms. The minimum Gasteiger partial charge on any atom is -0.486 e. The molecule has 2 aromatic heterocycles. The summed E-state index contributed by atoms with van der Waals surface area (Å²) in [6.45, 7) is 11.8. The molecule has 56 heavy (non-hydrogen) atoms. The molecule has 6 aromatic rings. The van der Waals surface area contributed by atoms with E-state index in [1.807, 2.05) is 48.5 Å². The van der Waals surface area contributed by atoms with Crippen LogP contribution in [0.2, 0.25) is 10.0 Å². The van der Waals surface area contributed by atoms with Gasteiger partial charge >= 0.3 is 0 Å². The minimum atomic E-state index is 0.459. The van der Waals surface area contributed by atoms with Gasteiger partial charge in [0.25, 0.3) is 0 Å². The van der Waals surface area contributed by atoms with Crippen molar-refractivity contribution in [3.05, 3.63) is 118 Å². The zero-order chi connectivity index (χ0) is 38.7. The maximum absolute atomic E-state index is 5.99. The fourth-order valence-corrected chi connectivity index (χ4v) is 8.32. The number of benzene rings is 4. The van der Waals surface area contributed by atoms with Gasteiger partial charge in [0.15, 0.2) is 0 Å². The zero-order valence-electron chi connectivity index (χ0n) is 32.9. The van der Waals surface area contributed by atoms with Crippen LogP contribution in [-0.4, -0.2) is 45.3 Å². The van der Waals surface area contributed by atoms with Gasteiger partial charge in [0.2, 0.25) is 0 Å². The van der Waals surface area contributed by atoms with Crippen molar-refractivity contribution in [1.29, 1.82) is 0 Å². The average Bonchev–Trinajstić information content (AvgIpc) is 3.74. The van der Waals surface area contributed by atoms with Crippen molar-refractivity contribution in [2.45, 2.75) is 91.5 Å². The Bertz CT molecular complexity index is 2090. The number of rotatable bonds is 14. The maximum atomic E-state index is 5.99. The van der Waals surface area contributed by atoms with E-state index in [1.165, 1.54) is 86.6 Å². The molecule has 10 heteroatoms. The maximum Gasteiger partial charge on any atom is 0.147 e. The normalized spacial score (nSPS) is 17.1. The summed E-state index contributed by atoms with van der Waals surface area (Å²) in [5.74, 6) is 5.20. The highest BCUT2D eigenvalue weighted by Gasteiger charge is 2.17. The van der Waals surface area contributed by atoms with Gasteiger partial charge in [0.1, 0.15) is 36.4 Å². The van der Waals surface area contributed by atoms with Crippen molar-refractivity contribution in [1.82, 2.24) is 29.7 Å². The van der Waals surface area contributed by atoms with E-state index in [0.717, 1.165) is 72.2 Å². The Balaban J connectivity index is 0.000000172. The second-order valence-corrected chi connectivity index (χ2v) is 16.4. The van der Waals surface area contributed by atoms with Gasteiger partial charge in [-0.1, -0.05) is 35.3 Å². The molecule has 0 radical (unpaired) electrons. The summed E-state index contributed by atoms with van der Waals surface area (Å²) < 4.78 is 16.7. The van der Waals surface area contributed by atoms with E-state index in [4.69, 9.17) is 42.6 Å². The Hall–Kier alpha value is -4.08. The van der Waals surface area contributed by atoms with E-state index in [0.29, 0.717) is 23.3 Å². The van der Waals surface area contributed by atoms with Gasteiger partial charge in [-0.05, 0) is 187 Å². The lowest BCUT2D eigenvalue weighted by atomic mass is 9.95. The summed E-state index contributed by atoms with van der Waals surface area (Å²) in [4.78, 5) is 9.72.